The number of nitrogens with two attached hydrogens (primary N) is 1. The molecule has 0 heterocycles. The van der Waals surface area contributed by atoms with Crippen molar-refractivity contribution in [3.8, 4) is 11.5 Å². The Balaban J connectivity index is 0.00000316. The molecule has 0 atom stereocenters. The number of primary sulfonamides is 1. The fourth-order valence-corrected chi connectivity index (χ4v) is 4.33. The van der Waals surface area contributed by atoms with Crippen molar-refractivity contribution >= 4 is 21.6 Å². The minimum absolute atomic E-state index is 0.161. The topological polar surface area (TPSA) is 92.9 Å². The standard InChI is InChI=1S/C26H39N3O4S.C2H6/c1-5-8-16-28(4)26(30)21-19-23(29(17-9-6-2)18-10-7-3)25(24(20-21)34(27,31)32)33-22-14-12-11-13-15-22;1-2/h11-15,19-20H,5-10,16-18H2,1-4H3,(H2,27,31,32);1-2H3. The lowest BCUT2D eigenvalue weighted by Gasteiger charge is -2.29. The van der Waals surface area contributed by atoms with Crippen molar-refractivity contribution in [2.45, 2.75) is 78.0 Å². The second-order valence-corrected chi connectivity index (χ2v) is 10.1. The van der Waals surface area contributed by atoms with Crippen LogP contribution >= 0.6 is 0 Å². The Kier molecular flexibility index (Phi) is 14.2. The van der Waals surface area contributed by atoms with Crippen molar-refractivity contribution in [3.05, 3.63) is 48.0 Å². The first-order chi connectivity index (χ1) is 17.2. The van der Waals surface area contributed by atoms with Gasteiger partial charge < -0.3 is 14.5 Å². The van der Waals surface area contributed by atoms with E-state index in [2.05, 4.69) is 25.7 Å². The van der Waals surface area contributed by atoms with Gasteiger partial charge in [0.05, 0.1) is 5.69 Å². The zero-order valence-corrected chi connectivity index (χ0v) is 23.7. The monoisotopic (exact) mass is 519 g/mol. The number of anilines is 1. The average molecular weight is 520 g/mol. The molecular weight excluding hydrogens is 474 g/mol. The maximum Gasteiger partial charge on any atom is 0.253 e. The lowest BCUT2D eigenvalue weighted by molar-refractivity contribution is 0.0793. The molecule has 0 radical (unpaired) electrons. The van der Waals surface area contributed by atoms with Crippen LogP contribution in [0.3, 0.4) is 0 Å². The first-order valence-corrected chi connectivity index (χ1v) is 14.7. The van der Waals surface area contributed by atoms with Crippen molar-refractivity contribution in [3.63, 3.8) is 0 Å². The van der Waals surface area contributed by atoms with Crippen LogP contribution in [0.5, 0.6) is 11.5 Å². The van der Waals surface area contributed by atoms with E-state index in [1.807, 2.05) is 32.0 Å². The predicted octanol–water partition coefficient (Wildman–Crippen LogP) is 6.43. The van der Waals surface area contributed by atoms with E-state index in [-0.39, 0.29) is 22.1 Å². The van der Waals surface area contributed by atoms with E-state index in [4.69, 9.17) is 9.88 Å². The number of para-hydroxylation sites is 1. The van der Waals surface area contributed by atoms with E-state index in [0.29, 0.717) is 18.0 Å². The van der Waals surface area contributed by atoms with Crippen LogP contribution in [-0.2, 0) is 10.0 Å². The third-order valence-electron chi connectivity index (χ3n) is 5.65. The molecular formula is C28H45N3O4S. The van der Waals surface area contributed by atoms with E-state index >= 15 is 0 Å². The van der Waals surface area contributed by atoms with Gasteiger partial charge in [-0.25, -0.2) is 13.6 Å². The molecule has 2 aromatic rings. The van der Waals surface area contributed by atoms with Gasteiger partial charge in [0.2, 0.25) is 10.0 Å². The van der Waals surface area contributed by atoms with Crippen LogP contribution in [-0.4, -0.2) is 45.9 Å². The molecule has 36 heavy (non-hydrogen) atoms. The fourth-order valence-electron chi connectivity index (χ4n) is 3.63. The molecule has 2 N–H and O–H groups in total. The van der Waals surface area contributed by atoms with Crippen LogP contribution < -0.4 is 14.8 Å². The number of unbranched alkanes of at least 4 members (excludes halogenated alkanes) is 3. The Bertz CT molecular complexity index is 1020. The van der Waals surface area contributed by atoms with Gasteiger partial charge in [-0.1, -0.05) is 72.1 Å². The van der Waals surface area contributed by atoms with Crippen LogP contribution in [0.25, 0.3) is 0 Å². The zero-order chi connectivity index (χ0) is 27.1. The Labute approximate surface area is 218 Å². The van der Waals surface area contributed by atoms with Crippen LogP contribution in [0.1, 0.15) is 83.5 Å². The number of rotatable bonds is 14. The Morgan fingerprint density at radius 3 is 1.92 bits per heavy atom. The maximum atomic E-state index is 13.2. The van der Waals surface area contributed by atoms with Crippen molar-refractivity contribution in [2.24, 2.45) is 5.14 Å². The number of benzene rings is 2. The lowest BCUT2D eigenvalue weighted by atomic mass is 10.1. The molecule has 0 aromatic heterocycles. The molecule has 0 unspecified atom stereocenters. The van der Waals surface area contributed by atoms with Crippen molar-refractivity contribution in [2.75, 3.05) is 31.6 Å². The van der Waals surface area contributed by atoms with Crippen LogP contribution in [0.4, 0.5) is 5.69 Å². The quantitative estimate of drug-likeness (QED) is 0.310. The first-order valence-electron chi connectivity index (χ1n) is 13.2. The fraction of sp³-hybridized carbons (Fsp3) is 0.536. The van der Waals surface area contributed by atoms with E-state index in [0.717, 1.165) is 51.6 Å². The SMILES string of the molecule is CC.CCCCN(C)C(=O)c1cc(N(CCCC)CCCC)c(Oc2ccccc2)c(S(N)(=O)=O)c1. The number of nitrogens with zero attached hydrogens (tertiary/aromatic N) is 2. The molecule has 202 valence electrons. The molecule has 0 saturated carbocycles. The normalized spacial score (nSPS) is 10.9. The highest BCUT2D eigenvalue weighted by Crippen LogP contribution is 2.40. The smallest absolute Gasteiger partial charge is 0.253 e. The summed E-state index contributed by atoms with van der Waals surface area (Å²) in [5.41, 5.74) is 0.862. The number of carbonyl (C=O) groups is 1. The Hall–Kier alpha value is -2.58. The molecule has 0 aliphatic heterocycles. The summed E-state index contributed by atoms with van der Waals surface area (Å²) in [5, 5.41) is 5.65. The summed E-state index contributed by atoms with van der Waals surface area (Å²) in [7, 11) is -2.44. The van der Waals surface area contributed by atoms with E-state index in [9.17, 15) is 13.2 Å². The number of sulfonamides is 1. The van der Waals surface area contributed by atoms with Gasteiger partial charge in [-0.3, -0.25) is 4.79 Å². The summed E-state index contributed by atoms with van der Waals surface area (Å²) in [6.45, 7) is 12.3. The van der Waals surface area contributed by atoms with Gasteiger partial charge in [0.25, 0.3) is 5.91 Å². The van der Waals surface area contributed by atoms with Crippen molar-refractivity contribution < 1.29 is 17.9 Å². The van der Waals surface area contributed by atoms with E-state index in [1.165, 1.54) is 6.07 Å². The molecule has 2 rings (SSSR count). The minimum Gasteiger partial charge on any atom is -0.454 e. The van der Waals surface area contributed by atoms with Gasteiger partial charge in [0.1, 0.15) is 10.6 Å². The number of amides is 1. The van der Waals surface area contributed by atoms with Crippen molar-refractivity contribution in [1.29, 1.82) is 0 Å². The first kappa shape index (κ1) is 31.4. The number of ether oxygens (including phenoxy) is 1. The van der Waals surface area contributed by atoms with Crippen molar-refractivity contribution in [1.82, 2.24) is 4.90 Å². The number of hydrogen-bond acceptors (Lipinski definition) is 5. The summed E-state index contributed by atoms with van der Waals surface area (Å²) >= 11 is 0. The van der Waals surface area contributed by atoms with E-state index in [1.54, 1.807) is 30.1 Å². The third kappa shape index (κ3) is 9.47. The van der Waals surface area contributed by atoms with Gasteiger partial charge in [-0.2, -0.15) is 0 Å². The van der Waals surface area contributed by atoms with Crippen LogP contribution in [0, 0.1) is 0 Å². The largest absolute Gasteiger partial charge is 0.454 e. The predicted molar refractivity (Wildman–Crippen MR) is 150 cm³/mol. The molecule has 0 saturated heterocycles. The van der Waals surface area contributed by atoms with Crippen LogP contribution in [0.2, 0.25) is 0 Å². The molecule has 0 fully saturated rings. The van der Waals surface area contributed by atoms with E-state index < -0.39 is 10.0 Å². The Morgan fingerprint density at radius 1 is 0.889 bits per heavy atom. The zero-order valence-electron chi connectivity index (χ0n) is 22.9. The second-order valence-electron chi connectivity index (χ2n) is 8.56. The summed E-state index contributed by atoms with van der Waals surface area (Å²) in [5.74, 6) is 0.421. The lowest BCUT2D eigenvalue weighted by Crippen LogP contribution is -2.30. The molecule has 0 spiro atoms. The van der Waals surface area contributed by atoms with Gasteiger partial charge in [-0.15, -0.1) is 0 Å². The third-order valence-corrected chi connectivity index (χ3v) is 6.57. The summed E-state index contributed by atoms with van der Waals surface area (Å²) in [6, 6.07) is 12.1. The minimum atomic E-state index is -4.17. The molecule has 0 aliphatic carbocycles. The summed E-state index contributed by atoms with van der Waals surface area (Å²) in [6.07, 6.45) is 5.64. The highest BCUT2D eigenvalue weighted by molar-refractivity contribution is 7.89. The highest BCUT2D eigenvalue weighted by atomic mass is 32.2. The molecule has 1 amide bonds. The summed E-state index contributed by atoms with van der Waals surface area (Å²) in [4.78, 5) is 16.8. The Morgan fingerprint density at radius 2 is 1.42 bits per heavy atom. The second kappa shape index (κ2) is 16.2. The van der Waals surface area contributed by atoms with Gasteiger partial charge >= 0.3 is 0 Å². The number of carbonyl (C=O) groups excluding carboxylic acids is 1. The number of hydrogen-bond donors (Lipinski definition) is 1. The van der Waals surface area contributed by atoms with Gasteiger partial charge in [-0.05, 0) is 43.5 Å². The van der Waals surface area contributed by atoms with Crippen LogP contribution in [0.15, 0.2) is 47.4 Å². The molecule has 8 heteroatoms. The van der Waals surface area contributed by atoms with Gasteiger partial charge in [0, 0.05) is 32.2 Å². The highest BCUT2D eigenvalue weighted by Gasteiger charge is 2.27. The molecule has 0 bridgehead atoms. The van der Waals surface area contributed by atoms with Gasteiger partial charge in [0.15, 0.2) is 5.75 Å². The summed E-state index contributed by atoms with van der Waals surface area (Å²) < 4.78 is 31.6. The average Bonchev–Trinajstić information content (AvgIpc) is 2.88. The molecule has 7 nitrogen and oxygen atoms in total. The molecule has 0 aliphatic rings. The molecule has 2 aromatic carbocycles. The maximum absolute atomic E-state index is 13.2.